The van der Waals surface area contributed by atoms with E-state index in [-0.39, 0.29) is 0 Å². The maximum absolute atomic E-state index is 9.05. The molecule has 72 valence electrons. The Morgan fingerprint density at radius 2 is 2.31 bits per heavy atom. The van der Waals surface area contributed by atoms with E-state index in [1.807, 2.05) is 6.08 Å². The van der Waals surface area contributed by atoms with Crippen LogP contribution in [0.4, 0.5) is 0 Å². The SMILES string of the molecule is C=CCCCCC1=[O+]C=C(O)CC1. The summed E-state index contributed by atoms with van der Waals surface area (Å²) >= 11 is 0. The lowest BCUT2D eigenvalue weighted by Gasteiger charge is -1.99. The third-order valence-corrected chi connectivity index (χ3v) is 2.14. The van der Waals surface area contributed by atoms with Crippen molar-refractivity contribution in [2.75, 3.05) is 0 Å². The van der Waals surface area contributed by atoms with E-state index < -0.39 is 0 Å². The predicted octanol–water partition coefficient (Wildman–Crippen LogP) is 3.03. The maximum atomic E-state index is 9.05. The molecule has 1 N–H and O–H groups in total. The molecule has 0 aromatic carbocycles. The zero-order valence-corrected chi connectivity index (χ0v) is 7.96. The van der Waals surface area contributed by atoms with E-state index in [0.29, 0.717) is 5.76 Å². The Morgan fingerprint density at radius 3 is 2.92 bits per heavy atom. The number of aliphatic hydroxyl groups is 1. The normalized spacial score (nSPS) is 16.3. The van der Waals surface area contributed by atoms with Gasteiger partial charge in [0.2, 0.25) is 0 Å². The van der Waals surface area contributed by atoms with Crippen LogP contribution in [0.3, 0.4) is 0 Å². The number of allylic oxidation sites excluding steroid dienone is 2. The first kappa shape index (κ1) is 10.0. The fourth-order valence-corrected chi connectivity index (χ4v) is 1.33. The molecule has 0 bridgehead atoms. The third kappa shape index (κ3) is 3.92. The average molecular weight is 181 g/mol. The highest BCUT2D eigenvalue weighted by Crippen LogP contribution is 2.11. The van der Waals surface area contributed by atoms with E-state index in [0.717, 1.165) is 37.9 Å². The monoisotopic (exact) mass is 181 g/mol. The van der Waals surface area contributed by atoms with Crippen LogP contribution in [0.2, 0.25) is 0 Å². The lowest BCUT2D eigenvalue weighted by atomic mass is 10.1. The summed E-state index contributed by atoms with van der Waals surface area (Å²) in [6, 6.07) is 0. The molecule has 0 atom stereocenters. The minimum atomic E-state index is 0.356. The van der Waals surface area contributed by atoms with Gasteiger partial charge in [-0.2, -0.15) is 0 Å². The molecule has 0 spiro atoms. The minimum Gasteiger partial charge on any atom is -0.504 e. The third-order valence-electron chi connectivity index (χ3n) is 2.14. The van der Waals surface area contributed by atoms with Crippen molar-refractivity contribution in [1.29, 1.82) is 0 Å². The van der Waals surface area contributed by atoms with Crippen LogP contribution in [-0.2, 0) is 4.42 Å². The molecule has 1 rings (SSSR count). The summed E-state index contributed by atoms with van der Waals surface area (Å²) in [6.45, 7) is 3.67. The van der Waals surface area contributed by atoms with Gasteiger partial charge in [0.15, 0.2) is 5.76 Å². The zero-order valence-electron chi connectivity index (χ0n) is 7.96. The van der Waals surface area contributed by atoms with E-state index in [9.17, 15) is 0 Å². The van der Waals surface area contributed by atoms with Crippen molar-refractivity contribution in [2.24, 2.45) is 0 Å². The number of hydrogen-bond donors (Lipinski definition) is 1. The molecule has 0 fully saturated rings. The lowest BCUT2D eigenvalue weighted by molar-refractivity contribution is -0.382. The van der Waals surface area contributed by atoms with Crippen LogP contribution >= 0.6 is 0 Å². The van der Waals surface area contributed by atoms with Crippen molar-refractivity contribution in [3.8, 4) is 0 Å². The fourth-order valence-electron chi connectivity index (χ4n) is 1.33. The quantitative estimate of drug-likeness (QED) is 0.394. The molecule has 13 heavy (non-hydrogen) atoms. The van der Waals surface area contributed by atoms with Crippen molar-refractivity contribution in [3.63, 3.8) is 0 Å². The Hall–Kier alpha value is -1.05. The van der Waals surface area contributed by atoms with Gasteiger partial charge in [-0.3, -0.25) is 0 Å². The summed E-state index contributed by atoms with van der Waals surface area (Å²) in [7, 11) is 0. The summed E-state index contributed by atoms with van der Waals surface area (Å²) < 4.78 is 5.25. The van der Waals surface area contributed by atoms with E-state index in [4.69, 9.17) is 9.53 Å². The van der Waals surface area contributed by atoms with Crippen LogP contribution in [0.25, 0.3) is 0 Å². The molecule has 0 amide bonds. The molecule has 0 radical (unpaired) electrons. The van der Waals surface area contributed by atoms with Crippen LogP contribution in [0.15, 0.2) is 24.7 Å². The number of ketones is 1. The molecule has 2 heteroatoms. The Labute approximate surface area is 79.3 Å². The standard InChI is InChI=1S/C11H16O2/c1-2-3-4-5-6-11-8-7-10(12)9-13-11/h2,9H,1,3-8H2/p+1. The topological polar surface area (TPSA) is 31.5 Å². The highest BCUT2D eigenvalue weighted by molar-refractivity contribution is 5.79. The molecule has 0 aromatic rings. The smallest absolute Gasteiger partial charge is 0.354 e. The molecule has 1 aliphatic rings. The van der Waals surface area contributed by atoms with Crippen molar-refractivity contribution < 1.29 is 9.53 Å². The molecule has 0 saturated heterocycles. The Bertz CT molecular complexity index is 226. The first-order valence-corrected chi connectivity index (χ1v) is 4.83. The second-order valence-electron chi connectivity index (χ2n) is 3.30. The first-order valence-electron chi connectivity index (χ1n) is 4.83. The van der Waals surface area contributed by atoms with Crippen molar-refractivity contribution >= 4 is 5.78 Å². The summed E-state index contributed by atoms with van der Waals surface area (Å²) in [6.07, 6.45) is 9.41. The van der Waals surface area contributed by atoms with Crippen LogP contribution in [0.1, 0.15) is 38.5 Å². The van der Waals surface area contributed by atoms with E-state index in [2.05, 4.69) is 6.58 Å². The molecular weight excluding hydrogens is 164 g/mol. The highest BCUT2D eigenvalue weighted by atomic mass is 16.4. The van der Waals surface area contributed by atoms with Gasteiger partial charge in [0, 0.05) is 6.42 Å². The summed E-state index contributed by atoms with van der Waals surface area (Å²) in [5, 5.41) is 9.05. The second-order valence-corrected chi connectivity index (χ2v) is 3.30. The number of aliphatic hydroxyl groups excluding tert-OH is 1. The van der Waals surface area contributed by atoms with Gasteiger partial charge in [0.05, 0.1) is 12.8 Å². The van der Waals surface area contributed by atoms with E-state index >= 15 is 0 Å². The van der Waals surface area contributed by atoms with E-state index in [1.54, 1.807) is 0 Å². The Morgan fingerprint density at radius 1 is 1.46 bits per heavy atom. The first-order chi connectivity index (χ1) is 6.33. The molecule has 1 aliphatic heterocycles. The number of carbonyl (C=O) groups excluding carboxylic acids is 1. The van der Waals surface area contributed by atoms with Gasteiger partial charge >= 0.3 is 12.0 Å². The van der Waals surface area contributed by atoms with Gasteiger partial charge in [0.1, 0.15) is 0 Å². The van der Waals surface area contributed by atoms with Gasteiger partial charge in [-0.25, -0.2) is 4.42 Å². The number of unbranched alkanes of at least 4 members (excludes halogenated alkanes) is 2. The minimum absolute atomic E-state index is 0.356. The van der Waals surface area contributed by atoms with Gasteiger partial charge in [-0.1, -0.05) is 6.08 Å². The molecule has 1 heterocycles. The molecule has 2 nitrogen and oxygen atoms in total. The summed E-state index contributed by atoms with van der Waals surface area (Å²) in [4.78, 5) is 0. The zero-order chi connectivity index (χ0) is 9.52. The summed E-state index contributed by atoms with van der Waals surface area (Å²) in [5.74, 6) is 1.46. The fraction of sp³-hybridized carbons (Fsp3) is 0.545. The molecular formula is C11H17O2+. The number of rotatable bonds is 5. The lowest BCUT2D eigenvalue weighted by Crippen LogP contribution is -2.06. The van der Waals surface area contributed by atoms with Crippen LogP contribution in [0, 0.1) is 0 Å². The Balaban J connectivity index is 2.18. The van der Waals surface area contributed by atoms with E-state index in [1.165, 1.54) is 12.7 Å². The van der Waals surface area contributed by atoms with Gasteiger partial charge in [-0.05, 0) is 19.3 Å². The molecule has 0 aliphatic carbocycles. The molecule has 0 saturated carbocycles. The molecule has 0 aromatic heterocycles. The van der Waals surface area contributed by atoms with Gasteiger partial charge in [-0.15, -0.1) is 6.58 Å². The summed E-state index contributed by atoms with van der Waals surface area (Å²) in [5.41, 5.74) is 0. The Kier molecular flexibility index (Phi) is 4.30. The van der Waals surface area contributed by atoms with Crippen molar-refractivity contribution in [2.45, 2.75) is 38.5 Å². The average Bonchev–Trinajstić information content (AvgIpc) is 2.15. The van der Waals surface area contributed by atoms with Gasteiger partial charge < -0.3 is 5.11 Å². The number of hydrogen-bond acceptors (Lipinski definition) is 1. The second kappa shape index (κ2) is 5.57. The van der Waals surface area contributed by atoms with Crippen LogP contribution in [-0.4, -0.2) is 10.9 Å². The van der Waals surface area contributed by atoms with Crippen LogP contribution < -0.4 is 0 Å². The van der Waals surface area contributed by atoms with Crippen molar-refractivity contribution in [1.82, 2.24) is 0 Å². The predicted molar refractivity (Wildman–Crippen MR) is 53.6 cm³/mol. The maximum Gasteiger partial charge on any atom is 0.354 e. The van der Waals surface area contributed by atoms with Gasteiger partial charge in [0.25, 0.3) is 0 Å². The largest absolute Gasteiger partial charge is 0.504 e. The van der Waals surface area contributed by atoms with Crippen LogP contribution in [0.5, 0.6) is 0 Å². The molecule has 0 unspecified atom stereocenters. The van der Waals surface area contributed by atoms with Crippen molar-refractivity contribution in [3.05, 3.63) is 24.7 Å². The highest BCUT2D eigenvalue weighted by Gasteiger charge is 2.17.